The van der Waals surface area contributed by atoms with E-state index in [1.807, 2.05) is 25.1 Å². The van der Waals surface area contributed by atoms with Crippen LogP contribution < -0.4 is 14.9 Å². The van der Waals surface area contributed by atoms with Gasteiger partial charge in [-0.2, -0.15) is 9.62 Å². The summed E-state index contributed by atoms with van der Waals surface area (Å²) in [5.41, 5.74) is 4.39. The highest BCUT2D eigenvalue weighted by Gasteiger charge is 2.04. The number of nitrogens with zero attached hydrogens (tertiary/aromatic N) is 5. The summed E-state index contributed by atoms with van der Waals surface area (Å²) in [6, 6.07) is 9.11. The number of hydrogen-bond acceptors (Lipinski definition) is 7. The van der Waals surface area contributed by atoms with E-state index in [4.69, 9.17) is 9.47 Å². The monoisotopic (exact) mass is 312 g/mol. The number of ether oxygens (including phenoxy) is 2. The zero-order valence-corrected chi connectivity index (χ0v) is 13.0. The molecule has 0 aliphatic rings. The maximum Gasteiger partial charge on any atom is 0.178 e. The first-order chi connectivity index (χ1) is 11.2. The van der Waals surface area contributed by atoms with Crippen LogP contribution in [0.15, 0.2) is 35.4 Å². The Labute approximate surface area is 132 Å². The highest BCUT2D eigenvalue weighted by Crippen LogP contribution is 2.23. The van der Waals surface area contributed by atoms with Gasteiger partial charge in [0.15, 0.2) is 17.3 Å². The Bertz CT molecular complexity index is 858. The summed E-state index contributed by atoms with van der Waals surface area (Å²) >= 11 is 0. The summed E-state index contributed by atoms with van der Waals surface area (Å²) in [6.45, 7) is 1.84. The molecule has 0 atom stereocenters. The second kappa shape index (κ2) is 6.30. The maximum atomic E-state index is 5.32. The van der Waals surface area contributed by atoms with Gasteiger partial charge in [0.05, 0.1) is 20.4 Å². The molecule has 3 aromatic rings. The quantitative estimate of drug-likeness (QED) is 0.572. The average molecular weight is 312 g/mol. The van der Waals surface area contributed by atoms with Crippen LogP contribution in [0.5, 0.6) is 11.5 Å². The number of hydrazone groups is 1. The summed E-state index contributed by atoms with van der Waals surface area (Å²) in [5, 5.41) is 16.5. The number of aromatic nitrogens is 4. The van der Waals surface area contributed by atoms with Gasteiger partial charge in [-0.1, -0.05) is 0 Å². The van der Waals surface area contributed by atoms with Gasteiger partial charge in [0.2, 0.25) is 0 Å². The maximum absolute atomic E-state index is 5.32. The first-order valence-electron chi connectivity index (χ1n) is 6.91. The summed E-state index contributed by atoms with van der Waals surface area (Å²) in [7, 11) is 3.21. The molecule has 0 unspecified atom stereocenters. The van der Waals surface area contributed by atoms with Crippen molar-refractivity contribution in [3.8, 4) is 11.5 Å². The van der Waals surface area contributed by atoms with Crippen LogP contribution in [-0.4, -0.2) is 40.2 Å². The molecule has 0 aliphatic heterocycles. The minimum Gasteiger partial charge on any atom is -0.497 e. The Balaban J connectivity index is 1.78. The third-order valence-electron chi connectivity index (χ3n) is 3.24. The van der Waals surface area contributed by atoms with E-state index in [2.05, 4.69) is 25.8 Å². The third-order valence-corrected chi connectivity index (χ3v) is 3.24. The third kappa shape index (κ3) is 3.05. The first-order valence-corrected chi connectivity index (χ1v) is 6.91. The Hall–Kier alpha value is -3.16. The average Bonchev–Trinajstić information content (AvgIpc) is 2.96. The largest absolute Gasteiger partial charge is 0.497 e. The Morgan fingerprint density at radius 2 is 2.00 bits per heavy atom. The molecule has 0 fully saturated rings. The molecule has 0 bridgehead atoms. The summed E-state index contributed by atoms with van der Waals surface area (Å²) < 4.78 is 12.1. The molecule has 118 valence electrons. The number of rotatable bonds is 5. The van der Waals surface area contributed by atoms with Gasteiger partial charge in [0, 0.05) is 11.6 Å². The zero-order chi connectivity index (χ0) is 16.2. The van der Waals surface area contributed by atoms with E-state index in [1.54, 1.807) is 37.1 Å². The molecule has 1 aromatic carbocycles. The Morgan fingerprint density at radius 1 is 1.13 bits per heavy atom. The van der Waals surface area contributed by atoms with Crippen LogP contribution in [-0.2, 0) is 0 Å². The molecule has 0 spiro atoms. The smallest absolute Gasteiger partial charge is 0.178 e. The number of nitrogens with one attached hydrogen (secondary N) is 1. The molecule has 8 nitrogen and oxygen atoms in total. The van der Waals surface area contributed by atoms with Gasteiger partial charge < -0.3 is 9.47 Å². The zero-order valence-electron chi connectivity index (χ0n) is 13.0. The van der Waals surface area contributed by atoms with Crippen LogP contribution in [0.25, 0.3) is 5.65 Å². The van der Waals surface area contributed by atoms with Crippen molar-refractivity contribution >= 4 is 17.7 Å². The van der Waals surface area contributed by atoms with Crippen molar-refractivity contribution < 1.29 is 9.47 Å². The summed E-state index contributed by atoms with van der Waals surface area (Å²) in [4.78, 5) is 0. The predicted molar refractivity (Wildman–Crippen MR) is 86.3 cm³/mol. The van der Waals surface area contributed by atoms with Crippen molar-refractivity contribution in [3.05, 3.63) is 41.7 Å². The van der Waals surface area contributed by atoms with Crippen LogP contribution >= 0.6 is 0 Å². The molecule has 1 N–H and O–H groups in total. The standard InChI is InChI=1S/C15H16N6O2/c1-10-17-19-15-7-6-14(20-21(10)15)18-16-9-11-4-5-12(22-2)8-13(11)23-3/h4-9H,1-3H3,(H,18,20)/b16-9-. The van der Waals surface area contributed by atoms with Gasteiger partial charge in [-0.15, -0.1) is 15.3 Å². The van der Waals surface area contributed by atoms with Crippen LogP contribution in [0, 0.1) is 6.92 Å². The fraction of sp³-hybridized carbons (Fsp3) is 0.200. The molecule has 2 heterocycles. The topological polar surface area (TPSA) is 85.9 Å². The van der Waals surface area contributed by atoms with Crippen molar-refractivity contribution in [2.75, 3.05) is 19.6 Å². The minimum absolute atomic E-state index is 0.587. The molecule has 0 radical (unpaired) electrons. The molecule has 0 amide bonds. The Kier molecular flexibility index (Phi) is 4.05. The van der Waals surface area contributed by atoms with Gasteiger partial charge in [0.25, 0.3) is 0 Å². The number of aryl methyl sites for hydroxylation is 1. The first kappa shape index (κ1) is 14.8. The molecular weight excluding hydrogens is 296 g/mol. The van der Waals surface area contributed by atoms with Crippen LogP contribution in [0.3, 0.4) is 0 Å². The molecular formula is C15H16N6O2. The van der Waals surface area contributed by atoms with E-state index in [9.17, 15) is 0 Å². The van der Waals surface area contributed by atoms with Crippen LogP contribution in [0.1, 0.15) is 11.4 Å². The minimum atomic E-state index is 0.587. The fourth-order valence-corrected chi connectivity index (χ4v) is 2.05. The lowest BCUT2D eigenvalue weighted by Gasteiger charge is -2.07. The number of hydrogen-bond donors (Lipinski definition) is 1. The second-order valence-corrected chi connectivity index (χ2v) is 4.71. The van der Waals surface area contributed by atoms with Crippen LogP contribution in [0.4, 0.5) is 5.82 Å². The fourth-order valence-electron chi connectivity index (χ4n) is 2.05. The van der Waals surface area contributed by atoms with Crippen molar-refractivity contribution in [2.24, 2.45) is 5.10 Å². The molecule has 0 aliphatic carbocycles. The summed E-state index contributed by atoms with van der Waals surface area (Å²) in [5.74, 6) is 2.70. The van der Waals surface area contributed by atoms with Gasteiger partial charge >= 0.3 is 0 Å². The predicted octanol–water partition coefficient (Wildman–Crippen LogP) is 1.90. The van der Waals surface area contributed by atoms with Gasteiger partial charge in [-0.25, -0.2) is 0 Å². The van der Waals surface area contributed by atoms with Crippen molar-refractivity contribution in [3.63, 3.8) is 0 Å². The normalized spacial score (nSPS) is 11.1. The lowest BCUT2D eigenvalue weighted by Crippen LogP contribution is -2.00. The second-order valence-electron chi connectivity index (χ2n) is 4.71. The lowest BCUT2D eigenvalue weighted by molar-refractivity contribution is 0.394. The van der Waals surface area contributed by atoms with E-state index in [-0.39, 0.29) is 0 Å². The van der Waals surface area contributed by atoms with E-state index in [0.717, 1.165) is 11.3 Å². The van der Waals surface area contributed by atoms with Gasteiger partial charge in [0.1, 0.15) is 11.5 Å². The molecule has 8 heteroatoms. The molecule has 0 saturated carbocycles. The number of fused-ring (bicyclic) bond motifs is 1. The molecule has 23 heavy (non-hydrogen) atoms. The Morgan fingerprint density at radius 3 is 2.78 bits per heavy atom. The van der Waals surface area contributed by atoms with E-state index >= 15 is 0 Å². The van der Waals surface area contributed by atoms with Crippen LogP contribution in [0.2, 0.25) is 0 Å². The van der Waals surface area contributed by atoms with Crippen molar-refractivity contribution in [1.82, 2.24) is 19.8 Å². The van der Waals surface area contributed by atoms with E-state index in [0.29, 0.717) is 23.0 Å². The summed E-state index contributed by atoms with van der Waals surface area (Å²) in [6.07, 6.45) is 1.66. The van der Waals surface area contributed by atoms with Gasteiger partial charge in [-0.05, 0) is 31.2 Å². The highest BCUT2D eigenvalue weighted by molar-refractivity contribution is 5.84. The van der Waals surface area contributed by atoms with Crippen molar-refractivity contribution in [1.29, 1.82) is 0 Å². The number of benzene rings is 1. The van der Waals surface area contributed by atoms with E-state index < -0.39 is 0 Å². The highest BCUT2D eigenvalue weighted by atomic mass is 16.5. The SMILES string of the molecule is COc1ccc(/C=N\Nc2ccc3nnc(C)n3n2)c(OC)c1. The molecule has 2 aromatic heterocycles. The van der Waals surface area contributed by atoms with Crippen molar-refractivity contribution in [2.45, 2.75) is 6.92 Å². The van der Waals surface area contributed by atoms with E-state index in [1.165, 1.54) is 0 Å². The van der Waals surface area contributed by atoms with Gasteiger partial charge in [-0.3, -0.25) is 5.43 Å². The number of anilines is 1. The number of methoxy groups -OCH3 is 2. The molecule has 0 saturated heterocycles. The lowest BCUT2D eigenvalue weighted by atomic mass is 10.2. The molecule has 3 rings (SSSR count).